The summed E-state index contributed by atoms with van der Waals surface area (Å²) in [6.07, 6.45) is -1.71. The van der Waals surface area contributed by atoms with Gasteiger partial charge in [0.15, 0.2) is 6.29 Å². The fraction of sp³-hybridized carbons (Fsp3) is 0.760. The Kier molecular flexibility index (Phi) is 13.5. The zero-order valence-electron chi connectivity index (χ0n) is 23.1. The molecule has 14 heteroatoms. The molecule has 0 saturated carbocycles. The molecule has 0 aromatic carbocycles. The van der Waals surface area contributed by atoms with Crippen LogP contribution >= 0.6 is 13.5 Å². The third-order valence-corrected chi connectivity index (χ3v) is 6.40. The largest absolute Gasteiger partial charge is 0.394 e. The van der Waals surface area contributed by atoms with Crippen molar-refractivity contribution in [3.63, 3.8) is 0 Å². The molecule has 224 valence electrons. The second-order valence-corrected chi connectivity index (χ2v) is 10.7. The molecule has 0 aromatic heterocycles. The molecule has 0 aliphatic carbocycles. The second-order valence-electron chi connectivity index (χ2n) is 10.7. The number of ether oxygens (including phenoxy) is 3. The van der Waals surface area contributed by atoms with Crippen LogP contribution < -0.4 is 10.6 Å². The van der Waals surface area contributed by atoms with Crippen LogP contribution in [0.4, 0.5) is 0 Å². The molecule has 1 fully saturated rings. The van der Waals surface area contributed by atoms with Gasteiger partial charge in [0.2, 0.25) is 11.8 Å². The Hall–Kier alpha value is -2.07. The summed E-state index contributed by atoms with van der Waals surface area (Å²) in [7, 11) is 0. The Morgan fingerprint density at radius 2 is 1.67 bits per heavy atom. The molecule has 13 nitrogen and oxygen atoms in total. The van der Waals surface area contributed by atoms with Crippen molar-refractivity contribution in [3.8, 4) is 0 Å². The van der Waals surface area contributed by atoms with Crippen molar-refractivity contribution in [2.75, 3.05) is 26.3 Å². The number of nitrogens with one attached hydrogen (secondary N) is 2. The van der Waals surface area contributed by atoms with Gasteiger partial charge in [0.1, 0.15) is 24.4 Å². The van der Waals surface area contributed by atoms with Gasteiger partial charge in [-0.15, -0.1) is 0 Å². The second kappa shape index (κ2) is 15.1. The molecule has 2 aliphatic heterocycles. The van der Waals surface area contributed by atoms with Crippen LogP contribution in [0.1, 0.15) is 53.9 Å². The summed E-state index contributed by atoms with van der Waals surface area (Å²) in [6.45, 7) is 8.70. The van der Waals surface area contributed by atoms with Crippen LogP contribution in [0.25, 0.3) is 0 Å². The van der Waals surface area contributed by atoms with E-state index in [0.29, 0.717) is 19.4 Å². The monoisotopic (exact) mass is 577 g/mol. The minimum absolute atomic E-state index is 0. The first kappa shape index (κ1) is 35.0. The molecule has 2 aliphatic rings. The third kappa shape index (κ3) is 10.8. The predicted octanol–water partition coefficient (Wildman–Crippen LogP) is -1.16. The van der Waals surface area contributed by atoms with Crippen molar-refractivity contribution >= 4 is 37.1 Å². The molecule has 2 heterocycles. The summed E-state index contributed by atoms with van der Waals surface area (Å²) < 4.78 is 17.7. The first-order valence-corrected chi connectivity index (χ1v) is 12.7. The Morgan fingerprint density at radius 1 is 1.05 bits per heavy atom. The average Bonchev–Trinajstić information content (AvgIpc) is 3.13. The van der Waals surface area contributed by atoms with Gasteiger partial charge in [-0.3, -0.25) is 24.1 Å². The van der Waals surface area contributed by atoms with E-state index in [2.05, 4.69) is 10.6 Å². The summed E-state index contributed by atoms with van der Waals surface area (Å²) in [5.41, 5.74) is -1.41. The number of rotatable bonds is 14. The topological polar surface area (TPSA) is 184 Å². The third-order valence-electron chi connectivity index (χ3n) is 6.40. The van der Waals surface area contributed by atoms with E-state index in [1.807, 2.05) is 13.8 Å². The minimum atomic E-state index is -1.40. The van der Waals surface area contributed by atoms with E-state index in [-0.39, 0.29) is 39.0 Å². The van der Waals surface area contributed by atoms with Gasteiger partial charge in [-0.25, -0.2) is 0 Å². The fourth-order valence-corrected chi connectivity index (χ4v) is 4.05. The molecule has 0 radical (unpaired) electrons. The maximum absolute atomic E-state index is 12.1. The molecule has 0 spiro atoms. The number of aliphatic hydroxyl groups excluding tert-OH is 3. The van der Waals surface area contributed by atoms with Gasteiger partial charge in [-0.05, 0) is 40.5 Å². The number of hydrogen-bond acceptors (Lipinski definition) is 10. The van der Waals surface area contributed by atoms with Crippen LogP contribution in [0.15, 0.2) is 12.2 Å². The molecule has 39 heavy (non-hydrogen) atoms. The molecular weight excluding hydrogens is 534 g/mol. The first-order valence-electron chi connectivity index (χ1n) is 12.7. The van der Waals surface area contributed by atoms with E-state index in [0.717, 1.165) is 4.90 Å². The molecule has 0 bridgehead atoms. The Bertz CT molecular complexity index is 879. The van der Waals surface area contributed by atoms with Crippen molar-refractivity contribution in [2.45, 2.75) is 95.7 Å². The molecule has 1 saturated heterocycles. The van der Waals surface area contributed by atoms with E-state index in [9.17, 15) is 34.5 Å². The number of carbonyl (C=O) groups excluding carboxylic acids is 4. The SMILES string of the molecule is CC(=O)NC1C(OC(C)(C)CCOC(C)(C)CCNC(=O)CCN2C(=O)C=CC2=O)OC(CO)C(O)C1O.S. The Balaban J connectivity index is 0.00000760. The van der Waals surface area contributed by atoms with Gasteiger partial charge < -0.3 is 40.2 Å². The molecule has 5 N–H and O–H groups in total. The molecule has 5 unspecified atom stereocenters. The van der Waals surface area contributed by atoms with Gasteiger partial charge in [-0.2, -0.15) is 13.5 Å². The lowest BCUT2D eigenvalue weighted by molar-refractivity contribution is -0.297. The highest BCUT2D eigenvalue weighted by Crippen LogP contribution is 2.28. The molecule has 2 rings (SSSR count). The zero-order chi connectivity index (χ0) is 28.7. The van der Waals surface area contributed by atoms with Crippen LogP contribution in [0.2, 0.25) is 0 Å². The maximum Gasteiger partial charge on any atom is 0.253 e. The summed E-state index contributed by atoms with van der Waals surface area (Å²) in [6, 6.07) is -1.04. The van der Waals surface area contributed by atoms with Gasteiger partial charge in [0.05, 0.1) is 24.4 Å². The van der Waals surface area contributed by atoms with Gasteiger partial charge in [0.25, 0.3) is 11.8 Å². The molecule has 5 atom stereocenters. The van der Waals surface area contributed by atoms with Gasteiger partial charge >= 0.3 is 0 Å². The number of imide groups is 1. The van der Waals surface area contributed by atoms with Crippen LogP contribution in [0.3, 0.4) is 0 Å². The standard InChI is InChI=1S/C25H41N3O10.H2S/c1-15(30)27-20-22(35)21(34)16(14-29)37-23(20)38-25(4,5)10-13-36-24(2,3)9-11-26-17(31)8-12-28-18(32)6-7-19(28)33;/h6-7,16,20-23,29,34-35H,8-14H2,1-5H3,(H,26,31)(H,27,30);1H2. The number of hydrogen-bond donors (Lipinski definition) is 5. The Labute approximate surface area is 235 Å². The predicted molar refractivity (Wildman–Crippen MR) is 144 cm³/mol. The fourth-order valence-electron chi connectivity index (χ4n) is 4.05. The summed E-state index contributed by atoms with van der Waals surface area (Å²) >= 11 is 0. The van der Waals surface area contributed by atoms with E-state index >= 15 is 0 Å². The quantitative estimate of drug-likeness (QED) is 0.158. The lowest BCUT2D eigenvalue weighted by Crippen LogP contribution is -2.65. The molecule has 4 amide bonds. The minimum Gasteiger partial charge on any atom is -0.394 e. The smallest absolute Gasteiger partial charge is 0.253 e. The van der Waals surface area contributed by atoms with Crippen LogP contribution in [0.5, 0.6) is 0 Å². The number of nitrogens with zero attached hydrogens (tertiary/aromatic N) is 1. The lowest BCUT2D eigenvalue weighted by Gasteiger charge is -2.44. The van der Waals surface area contributed by atoms with Crippen LogP contribution in [-0.4, -0.2) is 112 Å². The zero-order valence-corrected chi connectivity index (χ0v) is 24.1. The first-order chi connectivity index (χ1) is 17.7. The van der Waals surface area contributed by atoms with E-state index < -0.39 is 66.2 Å². The van der Waals surface area contributed by atoms with Crippen molar-refractivity contribution in [1.82, 2.24) is 15.5 Å². The molecular formula is C25H43N3O10S. The van der Waals surface area contributed by atoms with E-state index in [4.69, 9.17) is 14.2 Å². The van der Waals surface area contributed by atoms with Crippen molar-refractivity contribution in [3.05, 3.63) is 12.2 Å². The van der Waals surface area contributed by atoms with E-state index in [1.165, 1.54) is 19.1 Å². The average molecular weight is 578 g/mol. The normalized spacial score (nSPS) is 25.4. The van der Waals surface area contributed by atoms with Gasteiger partial charge in [-0.1, -0.05) is 0 Å². The van der Waals surface area contributed by atoms with Crippen LogP contribution in [-0.2, 0) is 33.4 Å². The van der Waals surface area contributed by atoms with E-state index in [1.54, 1.807) is 13.8 Å². The summed E-state index contributed by atoms with van der Waals surface area (Å²) in [4.78, 5) is 47.8. The lowest BCUT2D eigenvalue weighted by atomic mass is 9.96. The highest BCUT2D eigenvalue weighted by molar-refractivity contribution is 7.59. The number of aliphatic hydroxyl groups is 3. The highest BCUT2D eigenvalue weighted by atomic mass is 32.1. The van der Waals surface area contributed by atoms with Crippen molar-refractivity contribution < 1.29 is 48.7 Å². The van der Waals surface area contributed by atoms with Crippen molar-refractivity contribution in [2.24, 2.45) is 0 Å². The number of amides is 4. The maximum atomic E-state index is 12.1. The molecule has 0 aromatic rings. The number of carbonyl (C=O) groups is 4. The Morgan fingerprint density at radius 3 is 2.23 bits per heavy atom. The highest BCUT2D eigenvalue weighted by Gasteiger charge is 2.47. The summed E-state index contributed by atoms with van der Waals surface area (Å²) in [5, 5.41) is 35.4. The van der Waals surface area contributed by atoms with Gasteiger partial charge in [0, 0.05) is 38.6 Å². The summed E-state index contributed by atoms with van der Waals surface area (Å²) in [5.74, 6) is -1.57. The van der Waals surface area contributed by atoms with Crippen LogP contribution in [0, 0.1) is 0 Å². The van der Waals surface area contributed by atoms with Crippen molar-refractivity contribution in [1.29, 1.82) is 0 Å².